The molecule has 3 unspecified atom stereocenters. The fourth-order valence-corrected chi connectivity index (χ4v) is 4.48. The van der Waals surface area contributed by atoms with Crippen LogP contribution in [0.2, 0.25) is 0 Å². The Labute approximate surface area is 130 Å². The highest BCUT2D eigenvalue weighted by molar-refractivity contribution is 8.00. The summed E-state index contributed by atoms with van der Waals surface area (Å²) in [7, 11) is 0. The van der Waals surface area contributed by atoms with Gasteiger partial charge in [-0.1, -0.05) is 37.3 Å². The Morgan fingerprint density at radius 2 is 2.29 bits per heavy atom. The predicted octanol–water partition coefficient (Wildman–Crippen LogP) is 4.63. The van der Waals surface area contributed by atoms with Gasteiger partial charge < -0.3 is 4.74 Å². The molecule has 0 aromatic carbocycles. The van der Waals surface area contributed by atoms with Gasteiger partial charge in [0.05, 0.1) is 15.8 Å². The molecule has 1 aromatic rings. The number of ether oxygens (including phenoxy) is 1. The predicted molar refractivity (Wildman–Crippen MR) is 87.6 cm³/mol. The maximum atomic E-state index is 6.23. The molecule has 0 amide bonds. The number of pyridine rings is 1. The summed E-state index contributed by atoms with van der Waals surface area (Å²) in [6, 6.07) is 2.01. The number of hydrogen-bond donors (Lipinski definition) is 0. The monoisotopic (exact) mass is 297 g/mol. The Morgan fingerprint density at radius 3 is 3.19 bits per heavy atom. The first-order valence-corrected chi connectivity index (χ1v) is 8.57. The molecule has 0 saturated heterocycles. The van der Waals surface area contributed by atoms with Crippen LogP contribution in [0.5, 0.6) is 5.75 Å². The molecule has 0 N–H and O–H groups in total. The van der Waals surface area contributed by atoms with Crippen molar-refractivity contribution in [3.05, 3.63) is 48.3 Å². The van der Waals surface area contributed by atoms with Crippen molar-refractivity contribution in [3.63, 3.8) is 0 Å². The topological polar surface area (TPSA) is 22.1 Å². The van der Waals surface area contributed by atoms with Gasteiger partial charge >= 0.3 is 0 Å². The van der Waals surface area contributed by atoms with Crippen LogP contribution in [0.25, 0.3) is 5.57 Å². The van der Waals surface area contributed by atoms with Crippen LogP contribution in [0.4, 0.5) is 0 Å². The van der Waals surface area contributed by atoms with E-state index < -0.39 is 0 Å². The van der Waals surface area contributed by atoms with Crippen molar-refractivity contribution in [3.8, 4) is 5.75 Å². The van der Waals surface area contributed by atoms with Gasteiger partial charge in [-0.2, -0.15) is 0 Å². The lowest BCUT2D eigenvalue weighted by Gasteiger charge is -2.34. The second-order valence-electron chi connectivity index (χ2n) is 5.97. The molecular weight excluding hydrogens is 278 g/mol. The van der Waals surface area contributed by atoms with Crippen LogP contribution in [0.3, 0.4) is 0 Å². The summed E-state index contributed by atoms with van der Waals surface area (Å²) in [5.74, 6) is 1.59. The van der Waals surface area contributed by atoms with Gasteiger partial charge in [-0.15, -0.1) is 11.8 Å². The van der Waals surface area contributed by atoms with E-state index in [9.17, 15) is 0 Å². The molecule has 0 saturated carbocycles. The van der Waals surface area contributed by atoms with Crippen molar-refractivity contribution in [1.29, 1.82) is 0 Å². The van der Waals surface area contributed by atoms with Crippen LogP contribution in [0.1, 0.15) is 31.9 Å². The SMILES string of the molecule is CC1C=C(c2nccc3c2SC2C=CCCC2O3)C=CC1. The molecule has 1 aliphatic heterocycles. The van der Waals surface area contributed by atoms with E-state index in [2.05, 4.69) is 42.3 Å². The van der Waals surface area contributed by atoms with Gasteiger partial charge in [-0.3, -0.25) is 4.98 Å². The summed E-state index contributed by atoms with van der Waals surface area (Å²) in [4.78, 5) is 5.85. The molecule has 0 fully saturated rings. The summed E-state index contributed by atoms with van der Waals surface area (Å²) < 4.78 is 6.23. The Bertz CT molecular complexity index is 647. The summed E-state index contributed by atoms with van der Waals surface area (Å²) in [5.41, 5.74) is 2.32. The van der Waals surface area contributed by atoms with Crippen molar-refractivity contribution in [2.24, 2.45) is 5.92 Å². The molecule has 21 heavy (non-hydrogen) atoms. The number of fused-ring (bicyclic) bond motifs is 2. The average Bonchev–Trinajstić information content (AvgIpc) is 2.52. The Morgan fingerprint density at radius 1 is 1.33 bits per heavy atom. The molecule has 3 heteroatoms. The molecule has 0 radical (unpaired) electrons. The van der Waals surface area contributed by atoms with Crippen LogP contribution in [-0.2, 0) is 0 Å². The number of aromatic nitrogens is 1. The first-order chi connectivity index (χ1) is 10.3. The first kappa shape index (κ1) is 13.2. The van der Waals surface area contributed by atoms with Gasteiger partial charge in [0.25, 0.3) is 0 Å². The smallest absolute Gasteiger partial charge is 0.137 e. The Hall–Kier alpha value is -1.48. The zero-order valence-corrected chi connectivity index (χ0v) is 13.0. The fraction of sp³-hybridized carbons (Fsp3) is 0.389. The van der Waals surface area contributed by atoms with E-state index in [0.717, 1.165) is 30.7 Å². The molecular formula is C18H19NOS. The number of rotatable bonds is 1. The maximum absolute atomic E-state index is 6.23. The molecule has 108 valence electrons. The highest BCUT2D eigenvalue weighted by Crippen LogP contribution is 2.46. The first-order valence-electron chi connectivity index (χ1n) is 7.69. The summed E-state index contributed by atoms with van der Waals surface area (Å²) >= 11 is 1.91. The van der Waals surface area contributed by atoms with Crippen LogP contribution < -0.4 is 4.74 Å². The third-order valence-corrected chi connectivity index (χ3v) is 5.62. The van der Waals surface area contributed by atoms with E-state index >= 15 is 0 Å². The van der Waals surface area contributed by atoms with Crippen molar-refractivity contribution in [2.75, 3.05) is 0 Å². The van der Waals surface area contributed by atoms with Gasteiger partial charge in [0.15, 0.2) is 0 Å². The lowest BCUT2D eigenvalue weighted by molar-refractivity contribution is 0.185. The number of thioether (sulfide) groups is 1. The minimum Gasteiger partial charge on any atom is -0.488 e. The Kier molecular flexibility index (Phi) is 3.38. The second kappa shape index (κ2) is 5.38. The van der Waals surface area contributed by atoms with Crippen molar-refractivity contribution < 1.29 is 4.74 Å². The second-order valence-corrected chi connectivity index (χ2v) is 7.16. The fourth-order valence-electron chi connectivity index (χ4n) is 3.16. The zero-order valence-electron chi connectivity index (χ0n) is 12.2. The zero-order chi connectivity index (χ0) is 14.2. The van der Waals surface area contributed by atoms with E-state index in [1.807, 2.05) is 24.0 Å². The molecule has 3 atom stereocenters. The number of allylic oxidation sites excluding steroid dienone is 5. The van der Waals surface area contributed by atoms with Crippen LogP contribution >= 0.6 is 11.8 Å². The molecule has 4 rings (SSSR count). The van der Waals surface area contributed by atoms with Crippen molar-refractivity contribution >= 4 is 17.3 Å². The summed E-state index contributed by atoms with van der Waals surface area (Å²) in [6.07, 6.45) is 16.9. The standard InChI is InChI=1S/C18H19NOS/c1-12-5-4-6-13(11-12)17-18-15(9-10-19-17)20-14-7-2-3-8-16(14)21-18/h3-4,6,8-12,14,16H,2,5,7H2,1H3. The third-order valence-electron chi connectivity index (χ3n) is 4.25. The molecule has 0 bridgehead atoms. The molecule has 0 spiro atoms. The maximum Gasteiger partial charge on any atom is 0.137 e. The normalized spacial score (nSPS) is 30.1. The van der Waals surface area contributed by atoms with E-state index in [1.54, 1.807) is 0 Å². The van der Waals surface area contributed by atoms with E-state index in [0.29, 0.717) is 17.3 Å². The quantitative estimate of drug-likeness (QED) is 0.705. The van der Waals surface area contributed by atoms with Gasteiger partial charge in [0.2, 0.25) is 0 Å². The Balaban J connectivity index is 1.75. The molecule has 2 heterocycles. The molecule has 2 nitrogen and oxygen atoms in total. The average molecular weight is 297 g/mol. The number of hydrogen-bond acceptors (Lipinski definition) is 3. The highest BCUT2D eigenvalue weighted by Gasteiger charge is 2.32. The van der Waals surface area contributed by atoms with Crippen LogP contribution in [0, 0.1) is 5.92 Å². The molecule has 2 aliphatic carbocycles. The summed E-state index contributed by atoms with van der Waals surface area (Å²) in [5, 5.41) is 0.430. The van der Waals surface area contributed by atoms with Crippen LogP contribution in [-0.4, -0.2) is 16.3 Å². The largest absolute Gasteiger partial charge is 0.488 e. The molecule has 3 aliphatic rings. The van der Waals surface area contributed by atoms with E-state index in [-0.39, 0.29) is 0 Å². The lowest BCUT2D eigenvalue weighted by atomic mass is 9.96. The van der Waals surface area contributed by atoms with E-state index in [4.69, 9.17) is 4.74 Å². The third kappa shape index (κ3) is 2.44. The van der Waals surface area contributed by atoms with Crippen LogP contribution in [0.15, 0.2) is 47.5 Å². The minimum atomic E-state index is 0.317. The minimum absolute atomic E-state index is 0.317. The lowest BCUT2D eigenvalue weighted by Crippen LogP contribution is -2.33. The van der Waals surface area contributed by atoms with Gasteiger partial charge in [-0.05, 0) is 36.8 Å². The van der Waals surface area contributed by atoms with Gasteiger partial charge in [0.1, 0.15) is 11.9 Å². The van der Waals surface area contributed by atoms with Crippen molar-refractivity contribution in [2.45, 2.75) is 42.4 Å². The van der Waals surface area contributed by atoms with Gasteiger partial charge in [0, 0.05) is 6.20 Å². The summed E-state index contributed by atoms with van der Waals surface area (Å²) in [6.45, 7) is 2.25. The van der Waals surface area contributed by atoms with Gasteiger partial charge in [-0.25, -0.2) is 0 Å². The molecule has 1 aromatic heterocycles. The highest BCUT2D eigenvalue weighted by atomic mass is 32.2. The van der Waals surface area contributed by atoms with Crippen molar-refractivity contribution in [1.82, 2.24) is 4.98 Å². The number of nitrogens with zero attached hydrogens (tertiary/aromatic N) is 1. The van der Waals surface area contributed by atoms with E-state index in [1.165, 1.54) is 10.5 Å².